The molecule has 4 nitrogen and oxygen atoms in total. The smallest absolute Gasteiger partial charge is 0.0946 e. The van der Waals surface area contributed by atoms with Gasteiger partial charge in [0.1, 0.15) is 0 Å². The number of rotatable bonds is 3. The minimum atomic E-state index is 0.460. The molecule has 0 bridgehead atoms. The zero-order chi connectivity index (χ0) is 9.97. The van der Waals surface area contributed by atoms with Gasteiger partial charge in [0.05, 0.1) is 24.4 Å². The number of aliphatic imine (C=N–C) groups is 1. The highest BCUT2D eigenvalue weighted by Gasteiger charge is 2.14. The summed E-state index contributed by atoms with van der Waals surface area (Å²) in [7, 11) is 4.06. The predicted octanol–water partition coefficient (Wildman–Crippen LogP) is 0.695. The van der Waals surface area contributed by atoms with Crippen LogP contribution < -0.4 is 0 Å². The van der Waals surface area contributed by atoms with Crippen molar-refractivity contribution in [2.75, 3.05) is 13.6 Å². The van der Waals surface area contributed by atoms with Gasteiger partial charge in [0, 0.05) is 26.8 Å². The quantitative estimate of drug-likeness (QED) is 0.706. The van der Waals surface area contributed by atoms with Crippen LogP contribution in [0.25, 0.3) is 0 Å². The van der Waals surface area contributed by atoms with E-state index in [1.165, 1.54) is 0 Å². The van der Waals surface area contributed by atoms with Crippen LogP contribution in [0, 0.1) is 0 Å². The average molecular weight is 192 g/mol. The highest BCUT2D eigenvalue weighted by Crippen LogP contribution is 2.09. The molecule has 0 N–H and O–H groups in total. The molecular formula is C10H16N4. The van der Waals surface area contributed by atoms with E-state index in [0.717, 1.165) is 25.1 Å². The summed E-state index contributed by atoms with van der Waals surface area (Å²) < 4.78 is 1.99. The minimum absolute atomic E-state index is 0.460. The molecule has 0 fully saturated rings. The van der Waals surface area contributed by atoms with Gasteiger partial charge >= 0.3 is 0 Å². The lowest BCUT2D eigenvalue weighted by atomic mass is 10.1. The molecule has 1 aliphatic rings. The molecule has 14 heavy (non-hydrogen) atoms. The number of aryl methyl sites for hydroxylation is 2. The van der Waals surface area contributed by atoms with Crippen LogP contribution in [0.3, 0.4) is 0 Å². The van der Waals surface area contributed by atoms with Crippen LogP contribution in [-0.2, 0) is 13.5 Å². The fraction of sp³-hybridized carbons (Fsp3) is 0.600. The third kappa shape index (κ3) is 2.13. The van der Waals surface area contributed by atoms with Crippen molar-refractivity contribution < 1.29 is 0 Å². The lowest BCUT2D eigenvalue weighted by molar-refractivity contribution is 0.487. The maximum atomic E-state index is 4.40. The molecule has 1 aromatic heterocycles. The lowest BCUT2D eigenvalue weighted by Crippen LogP contribution is -2.18. The maximum absolute atomic E-state index is 4.40. The summed E-state index contributed by atoms with van der Waals surface area (Å²) >= 11 is 0. The van der Waals surface area contributed by atoms with Gasteiger partial charge in [0.2, 0.25) is 0 Å². The van der Waals surface area contributed by atoms with Crippen molar-refractivity contribution in [2.24, 2.45) is 12.0 Å². The van der Waals surface area contributed by atoms with Crippen molar-refractivity contribution in [3.63, 3.8) is 0 Å². The molecule has 1 atom stereocenters. The number of likely N-dealkylation sites (N-methyl/N-ethyl adjacent to an activating group) is 1. The number of hydrogen-bond acceptors (Lipinski definition) is 3. The van der Waals surface area contributed by atoms with E-state index in [1.807, 2.05) is 24.3 Å². The third-order valence-electron chi connectivity index (χ3n) is 2.47. The number of hydrogen-bond donors (Lipinski definition) is 0. The summed E-state index contributed by atoms with van der Waals surface area (Å²) in [5, 5.41) is 0. The Balaban J connectivity index is 1.81. The van der Waals surface area contributed by atoms with Gasteiger partial charge < -0.3 is 9.47 Å². The summed E-state index contributed by atoms with van der Waals surface area (Å²) in [5.74, 6) is 0. The monoisotopic (exact) mass is 192 g/mol. The van der Waals surface area contributed by atoms with E-state index in [1.54, 1.807) is 0 Å². The van der Waals surface area contributed by atoms with Gasteiger partial charge in [-0.2, -0.15) is 0 Å². The zero-order valence-electron chi connectivity index (χ0n) is 8.72. The van der Waals surface area contributed by atoms with Crippen molar-refractivity contribution in [1.29, 1.82) is 0 Å². The molecule has 0 spiro atoms. The second-order valence-corrected chi connectivity index (χ2v) is 3.93. The van der Waals surface area contributed by atoms with E-state index in [0.29, 0.717) is 6.04 Å². The minimum Gasteiger partial charge on any atom is -0.364 e. The molecule has 1 unspecified atom stereocenters. The van der Waals surface area contributed by atoms with Crippen LogP contribution in [0.5, 0.6) is 0 Å². The molecule has 0 amide bonds. The molecule has 0 aromatic carbocycles. The van der Waals surface area contributed by atoms with Gasteiger partial charge in [0.25, 0.3) is 0 Å². The lowest BCUT2D eigenvalue weighted by Gasteiger charge is -2.08. The van der Waals surface area contributed by atoms with Gasteiger partial charge in [0.15, 0.2) is 0 Å². The van der Waals surface area contributed by atoms with Gasteiger partial charge in [-0.15, -0.1) is 0 Å². The molecule has 1 aliphatic heterocycles. The Bertz CT molecular complexity index is 329. The van der Waals surface area contributed by atoms with E-state index in [2.05, 4.69) is 28.1 Å². The summed E-state index contributed by atoms with van der Waals surface area (Å²) in [6, 6.07) is 0.460. The molecular weight excluding hydrogens is 176 g/mol. The Labute approximate surface area is 84.3 Å². The Kier molecular flexibility index (Phi) is 2.52. The van der Waals surface area contributed by atoms with Gasteiger partial charge in [-0.3, -0.25) is 4.99 Å². The van der Waals surface area contributed by atoms with Crippen LogP contribution in [-0.4, -0.2) is 40.4 Å². The summed E-state index contributed by atoms with van der Waals surface area (Å²) in [6.07, 6.45) is 7.96. The molecule has 4 heteroatoms. The largest absolute Gasteiger partial charge is 0.364 e. The van der Waals surface area contributed by atoms with Gasteiger partial charge in [-0.05, 0) is 12.8 Å². The van der Waals surface area contributed by atoms with Crippen molar-refractivity contribution >= 4 is 6.34 Å². The first-order valence-corrected chi connectivity index (χ1v) is 4.94. The van der Waals surface area contributed by atoms with Crippen LogP contribution >= 0.6 is 0 Å². The zero-order valence-corrected chi connectivity index (χ0v) is 8.72. The highest BCUT2D eigenvalue weighted by atomic mass is 15.2. The Morgan fingerprint density at radius 3 is 2.93 bits per heavy atom. The summed E-state index contributed by atoms with van der Waals surface area (Å²) in [6.45, 7) is 1.05. The SMILES string of the molecule is CN1C=NC(CCc2cn(C)cn2)C1. The average Bonchev–Trinajstić information content (AvgIpc) is 2.72. The normalized spacial score (nSPS) is 20.7. The molecule has 76 valence electrons. The van der Waals surface area contributed by atoms with Gasteiger partial charge in [-0.25, -0.2) is 4.98 Å². The molecule has 0 aliphatic carbocycles. The van der Waals surface area contributed by atoms with Crippen molar-refractivity contribution in [1.82, 2.24) is 14.5 Å². The molecule has 2 heterocycles. The van der Waals surface area contributed by atoms with E-state index >= 15 is 0 Å². The first-order chi connectivity index (χ1) is 6.74. The van der Waals surface area contributed by atoms with E-state index in [-0.39, 0.29) is 0 Å². The van der Waals surface area contributed by atoms with Crippen LogP contribution in [0.4, 0.5) is 0 Å². The highest BCUT2D eigenvalue weighted by molar-refractivity contribution is 5.57. The predicted molar refractivity (Wildman–Crippen MR) is 56.4 cm³/mol. The number of imidazole rings is 1. The van der Waals surface area contributed by atoms with E-state index < -0.39 is 0 Å². The first kappa shape index (κ1) is 9.24. The topological polar surface area (TPSA) is 33.4 Å². The molecule has 0 saturated carbocycles. The Morgan fingerprint density at radius 1 is 1.50 bits per heavy atom. The Hall–Kier alpha value is -1.32. The fourth-order valence-corrected chi connectivity index (χ4v) is 1.71. The van der Waals surface area contributed by atoms with E-state index in [9.17, 15) is 0 Å². The second-order valence-electron chi connectivity index (χ2n) is 3.93. The van der Waals surface area contributed by atoms with E-state index in [4.69, 9.17) is 0 Å². The van der Waals surface area contributed by atoms with Crippen molar-refractivity contribution in [3.05, 3.63) is 18.2 Å². The standard InChI is InChI=1S/C10H16N4/c1-13-5-9(11-7-13)3-4-10-6-14(2)8-12-10/h5,7-8,10H,3-4,6H2,1-2H3. The van der Waals surface area contributed by atoms with Crippen LogP contribution in [0.15, 0.2) is 17.5 Å². The van der Waals surface area contributed by atoms with Gasteiger partial charge in [-0.1, -0.05) is 0 Å². The number of aromatic nitrogens is 2. The second kappa shape index (κ2) is 3.82. The Morgan fingerprint density at radius 2 is 2.36 bits per heavy atom. The first-order valence-electron chi connectivity index (χ1n) is 4.94. The molecule has 1 aromatic rings. The van der Waals surface area contributed by atoms with Crippen molar-refractivity contribution in [2.45, 2.75) is 18.9 Å². The third-order valence-corrected chi connectivity index (χ3v) is 2.47. The van der Waals surface area contributed by atoms with Crippen LogP contribution in [0.2, 0.25) is 0 Å². The molecule has 0 radical (unpaired) electrons. The fourth-order valence-electron chi connectivity index (χ4n) is 1.71. The number of nitrogens with zero attached hydrogens (tertiary/aromatic N) is 4. The summed E-state index contributed by atoms with van der Waals surface area (Å²) in [5.41, 5.74) is 1.16. The maximum Gasteiger partial charge on any atom is 0.0946 e. The van der Waals surface area contributed by atoms with Crippen LogP contribution in [0.1, 0.15) is 12.1 Å². The van der Waals surface area contributed by atoms with Crippen molar-refractivity contribution in [3.8, 4) is 0 Å². The molecule has 2 rings (SSSR count). The summed E-state index contributed by atoms with van der Waals surface area (Å²) in [4.78, 5) is 10.8. The molecule has 0 saturated heterocycles.